The average Bonchev–Trinajstić information content (AvgIpc) is 3.04. The molecule has 2 saturated carbocycles. The van der Waals surface area contributed by atoms with Crippen LogP contribution in [0.1, 0.15) is 32.1 Å². The van der Waals surface area contributed by atoms with Gasteiger partial charge in [-0.25, -0.2) is 8.78 Å². The fourth-order valence-corrected chi connectivity index (χ4v) is 6.43. The van der Waals surface area contributed by atoms with E-state index in [2.05, 4.69) is 20.5 Å². The number of carbonyl (C=O) groups excluding carboxylic acids is 2. The summed E-state index contributed by atoms with van der Waals surface area (Å²) in [6.45, 7) is 3.42. The summed E-state index contributed by atoms with van der Waals surface area (Å²) in [7, 11) is 1.56. The van der Waals surface area contributed by atoms with E-state index < -0.39 is 28.9 Å². The van der Waals surface area contributed by atoms with E-state index in [0.717, 1.165) is 45.2 Å². The largest absolute Gasteiger partial charge is 0.493 e. The first kappa shape index (κ1) is 31.8. The highest BCUT2D eigenvalue weighted by Gasteiger charge is 2.51. The Morgan fingerprint density at radius 1 is 0.875 bits per heavy atom. The summed E-state index contributed by atoms with van der Waals surface area (Å²) in [4.78, 5) is 33.3. The number of amides is 2. The van der Waals surface area contributed by atoms with E-state index in [1.807, 2.05) is 0 Å². The molecule has 2 aliphatic carbocycles. The first-order valence-electron chi connectivity index (χ1n) is 16.1. The second kappa shape index (κ2) is 13.4. The first-order valence-corrected chi connectivity index (χ1v) is 16.1. The van der Waals surface area contributed by atoms with Gasteiger partial charge in [-0.2, -0.15) is 0 Å². The number of ether oxygens (including phenoxy) is 4. The van der Waals surface area contributed by atoms with Crippen LogP contribution in [-0.2, 0) is 14.3 Å². The van der Waals surface area contributed by atoms with E-state index in [9.17, 15) is 14.0 Å². The Hall–Kier alpha value is -4.81. The van der Waals surface area contributed by atoms with Crippen molar-refractivity contribution in [2.45, 2.75) is 44.2 Å². The standard InChI is InChI=1S/C36H36F2N4O6/c1-45-32-20-27-29(21-33(32)47-26-18-25(19-26)42-13-15-46-16-14-42)39-12-9-30(27)48-31-8-7-24(17-28(31)38)41-35(44)36(10-2-11-36)34(43)40-23-5-3-22(37)4-6-23/h3-9,12,17,20-21,25-26H,2,10-11,13-16,18-19H2,1H3,(H,40,43)(H,41,44). The molecule has 4 aromatic rings. The van der Waals surface area contributed by atoms with Crippen LogP contribution in [0, 0.1) is 17.0 Å². The molecule has 0 unspecified atom stereocenters. The highest BCUT2D eigenvalue weighted by molar-refractivity contribution is 6.15. The fraction of sp³-hybridized carbons (Fsp3) is 0.361. The zero-order chi connectivity index (χ0) is 33.3. The van der Waals surface area contributed by atoms with Gasteiger partial charge in [0.05, 0.1) is 25.8 Å². The third-order valence-electron chi connectivity index (χ3n) is 9.50. The number of nitrogens with zero attached hydrogens (tertiary/aromatic N) is 2. The molecule has 250 valence electrons. The molecule has 3 aromatic carbocycles. The molecule has 0 bridgehead atoms. The van der Waals surface area contributed by atoms with Crippen LogP contribution in [-0.4, -0.2) is 67.3 Å². The maximum absolute atomic E-state index is 15.4. The van der Waals surface area contributed by atoms with Crippen molar-refractivity contribution in [3.8, 4) is 23.0 Å². The number of methoxy groups -OCH3 is 1. The number of carbonyl (C=O) groups is 2. The van der Waals surface area contributed by atoms with Gasteiger partial charge in [-0.05, 0) is 61.4 Å². The average molecular weight is 659 g/mol. The quantitative estimate of drug-likeness (QED) is 0.191. The van der Waals surface area contributed by atoms with Crippen molar-refractivity contribution in [3.05, 3.63) is 78.5 Å². The minimum Gasteiger partial charge on any atom is -0.493 e. The molecule has 1 aromatic heterocycles. The van der Waals surface area contributed by atoms with Gasteiger partial charge in [0.1, 0.15) is 23.1 Å². The summed E-state index contributed by atoms with van der Waals surface area (Å²) in [6.07, 6.45) is 4.88. The molecule has 3 fully saturated rings. The van der Waals surface area contributed by atoms with E-state index in [1.165, 1.54) is 36.4 Å². The number of hydrogen-bond donors (Lipinski definition) is 2. The van der Waals surface area contributed by atoms with E-state index in [-0.39, 0.29) is 17.5 Å². The van der Waals surface area contributed by atoms with Gasteiger partial charge in [0, 0.05) is 67.1 Å². The second-order valence-corrected chi connectivity index (χ2v) is 12.4. The van der Waals surface area contributed by atoms with Crippen molar-refractivity contribution >= 4 is 34.1 Å². The van der Waals surface area contributed by atoms with Crippen LogP contribution in [0.25, 0.3) is 10.9 Å². The predicted molar refractivity (Wildman–Crippen MR) is 175 cm³/mol. The summed E-state index contributed by atoms with van der Waals surface area (Å²) < 4.78 is 52.1. The number of pyridine rings is 1. The molecule has 1 aliphatic heterocycles. The molecular formula is C36H36F2N4O6. The number of anilines is 2. The summed E-state index contributed by atoms with van der Waals surface area (Å²) >= 11 is 0. The third kappa shape index (κ3) is 6.37. The van der Waals surface area contributed by atoms with Crippen LogP contribution in [0.5, 0.6) is 23.0 Å². The van der Waals surface area contributed by atoms with Gasteiger partial charge in [0.15, 0.2) is 23.1 Å². The van der Waals surface area contributed by atoms with E-state index in [1.54, 1.807) is 31.5 Å². The zero-order valence-corrected chi connectivity index (χ0v) is 26.5. The first-order chi connectivity index (χ1) is 23.3. The van der Waals surface area contributed by atoms with Gasteiger partial charge in [0.25, 0.3) is 0 Å². The number of nitrogens with one attached hydrogen (secondary N) is 2. The molecule has 2 heterocycles. The number of benzene rings is 3. The Morgan fingerprint density at radius 2 is 1.58 bits per heavy atom. The van der Waals surface area contributed by atoms with Crippen LogP contribution in [0.3, 0.4) is 0 Å². The van der Waals surface area contributed by atoms with E-state index in [4.69, 9.17) is 18.9 Å². The number of hydrogen-bond acceptors (Lipinski definition) is 8. The maximum atomic E-state index is 15.4. The smallest absolute Gasteiger partial charge is 0.240 e. The van der Waals surface area contributed by atoms with Crippen molar-refractivity contribution in [1.82, 2.24) is 9.88 Å². The molecule has 2 amide bonds. The van der Waals surface area contributed by atoms with Crippen molar-refractivity contribution in [3.63, 3.8) is 0 Å². The summed E-state index contributed by atoms with van der Waals surface area (Å²) in [6, 6.07) is 15.1. The molecule has 3 aliphatic rings. The Balaban J connectivity index is 1.02. The lowest BCUT2D eigenvalue weighted by Gasteiger charge is -2.44. The van der Waals surface area contributed by atoms with Crippen LogP contribution < -0.4 is 24.8 Å². The minimum atomic E-state index is -1.30. The SMILES string of the molecule is COc1cc2c(Oc3ccc(NC(=O)C4(C(=O)Nc5ccc(F)cc5)CCC4)cc3F)ccnc2cc1OC1CC(N2CCOCC2)C1. The van der Waals surface area contributed by atoms with Crippen LogP contribution in [0.2, 0.25) is 0 Å². The number of morpholine rings is 1. The van der Waals surface area contributed by atoms with Gasteiger partial charge in [-0.3, -0.25) is 19.5 Å². The van der Waals surface area contributed by atoms with Crippen molar-refractivity contribution in [2.24, 2.45) is 5.41 Å². The molecular weight excluding hydrogens is 622 g/mol. The highest BCUT2D eigenvalue weighted by atomic mass is 19.1. The van der Waals surface area contributed by atoms with Crippen molar-refractivity contribution in [2.75, 3.05) is 44.0 Å². The molecule has 7 rings (SSSR count). The molecule has 2 N–H and O–H groups in total. The van der Waals surface area contributed by atoms with Crippen LogP contribution in [0.15, 0.2) is 66.9 Å². The number of halogens is 2. The molecule has 12 heteroatoms. The normalized spacial score (nSPS) is 20.2. The van der Waals surface area contributed by atoms with Crippen LogP contribution in [0.4, 0.5) is 20.2 Å². The predicted octanol–water partition coefficient (Wildman–Crippen LogP) is 6.30. The van der Waals surface area contributed by atoms with Crippen LogP contribution >= 0.6 is 0 Å². The third-order valence-corrected chi connectivity index (χ3v) is 9.50. The summed E-state index contributed by atoms with van der Waals surface area (Å²) in [5.74, 6) is -0.761. The molecule has 48 heavy (non-hydrogen) atoms. The molecule has 1 saturated heterocycles. The van der Waals surface area contributed by atoms with Crippen molar-refractivity contribution < 1.29 is 37.3 Å². The van der Waals surface area contributed by atoms with Gasteiger partial charge in [0.2, 0.25) is 11.8 Å². The Morgan fingerprint density at radius 3 is 2.25 bits per heavy atom. The molecule has 10 nitrogen and oxygen atoms in total. The Kier molecular flexibility index (Phi) is 8.84. The lowest BCUT2D eigenvalue weighted by Crippen LogP contribution is -2.52. The van der Waals surface area contributed by atoms with Crippen molar-refractivity contribution in [1.29, 1.82) is 0 Å². The second-order valence-electron chi connectivity index (χ2n) is 12.4. The zero-order valence-electron chi connectivity index (χ0n) is 26.5. The molecule has 0 radical (unpaired) electrons. The summed E-state index contributed by atoms with van der Waals surface area (Å²) in [5.41, 5.74) is -0.142. The molecule has 0 atom stereocenters. The maximum Gasteiger partial charge on any atom is 0.240 e. The topological polar surface area (TPSA) is 111 Å². The Labute approximate surface area is 276 Å². The number of rotatable bonds is 10. The van der Waals surface area contributed by atoms with Gasteiger partial charge >= 0.3 is 0 Å². The van der Waals surface area contributed by atoms with E-state index >= 15 is 4.39 Å². The lowest BCUT2D eigenvalue weighted by atomic mass is 9.67. The monoisotopic (exact) mass is 658 g/mol. The number of aromatic nitrogens is 1. The van der Waals surface area contributed by atoms with Gasteiger partial charge < -0.3 is 29.6 Å². The molecule has 0 spiro atoms. The lowest BCUT2D eigenvalue weighted by molar-refractivity contribution is -0.142. The fourth-order valence-electron chi connectivity index (χ4n) is 6.43. The minimum absolute atomic E-state index is 0.0594. The highest BCUT2D eigenvalue weighted by Crippen LogP contribution is 2.44. The Bertz CT molecular complexity index is 1820. The van der Waals surface area contributed by atoms with E-state index in [0.29, 0.717) is 59.1 Å². The van der Waals surface area contributed by atoms with Gasteiger partial charge in [-0.15, -0.1) is 0 Å². The summed E-state index contributed by atoms with van der Waals surface area (Å²) in [5, 5.41) is 5.99. The van der Waals surface area contributed by atoms with Gasteiger partial charge in [-0.1, -0.05) is 6.42 Å². The number of fused-ring (bicyclic) bond motifs is 1.